The largest absolute Gasteiger partial charge is 0.383 e. The fourth-order valence-corrected chi connectivity index (χ4v) is 7.00. The highest BCUT2D eigenvalue weighted by molar-refractivity contribution is 7.86. The molecule has 6 aromatic rings. The SMILES string of the molecule is Cc1noc(C)c1-c1ccc2c(c1)nc(C1CCCON1c1ccc(F)c(F)c1)n2-c1nc(-c2ccc(OS(C)(=O)=O)cc2)cs1. The summed E-state index contributed by atoms with van der Waals surface area (Å²) in [5.41, 5.74) is 5.84. The van der Waals surface area contributed by atoms with Crippen molar-refractivity contribution in [1.82, 2.24) is 19.7 Å². The second kappa shape index (κ2) is 11.6. The molecule has 1 fully saturated rings. The highest BCUT2D eigenvalue weighted by Gasteiger charge is 2.32. The molecule has 4 heterocycles. The summed E-state index contributed by atoms with van der Waals surface area (Å²) in [6.07, 6.45) is 2.35. The number of halogens is 2. The van der Waals surface area contributed by atoms with Gasteiger partial charge in [-0.1, -0.05) is 11.2 Å². The van der Waals surface area contributed by atoms with E-state index in [9.17, 15) is 17.2 Å². The Balaban J connectivity index is 1.35. The van der Waals surface area contributed by atoms with Crippen molar-refractivity contribution in [2.45, 2.75) is 32.7 Å². The fraction of sp³-hybridized carbons (Fsp3) is 0.219. The maximum Gasteiger partial charge on any atom is 0.306 e. The summed E-state index contributed by atoms with van der Waals surface area (Å²) in [7, 11) is -3.65. The van der Waals surface area contributed by atoms with Crippen molar-refractivity contribution in [2.24, 2.45) is 0 Å². The Morgan fingerprint density at radius 2 is 1.76 bits per heavy atom. The third-order valence-corrected chi connectivity index (χ3v) is 9.00. The molecule has 1 unspecified atom stereocenters. The third-order valence-electron chi connectivity index (χ3n) is 7.67. The summed E-state index contributed by atoms with van der Waals surface area (Å²) in [5, 5.41) is 8.22. The summed E-state index contributed by atoms with van der Waals surface area (Å²) in [5.74, 6) is -0.399. The van der Waals surface area contributed by atoms with Crippen molar-refractivity contribution in [3.8, 4) is 33.3 Å². The monoisotopic (exact) mass is 663 g/mol. The molecule has 10 nitrogen and oxygen atoms in total. The molecule has 236 valence electrons. The van der Waals surface area contributed by atoms with E-state index in [2.05, 4.69) is 5.16 Å². The van der Waals surface area contributed by atoms with Gasteiger partial charge in [-0.3, -0.25) is 9.40 Å². The summed E-state index contributed by atoms with van der Waals surface area (Å²) >= 11 is 1.41. The first kappa shape index (κ1) is 30.0. The van der Waals surface area contributed by atoms with Crippen LogP contribution < -0.4 is 9.25 Å². The van der Waals surface area contributed by atoms with Crippen LogP contribution in [0.15, 0.2) is 70.6 Å². The number of thiazole rings is 1. The van der Waals surface area contributed by atoms with E-state index in [1.165, 1.54) is 17.4 Å². The van der Waals surface area contributed by atoms with E-state index in [1.807, 2.05) is 42.0 Å². The Hall–Kier alpha value is -4.66. The van der Waals surface area contributed by atoms with Gasteiger partial charge in [-0.15, -0.1) is 11.3 Å². The molecule has 0 amide bonds. The number of anilines is 1. The number of aromatic nitrogens is 4. The highest BCUT2D eigenvalue weighted by Crippen LogP contribution is 2.39. The minimum absolute atomic E-state index is 0.202. The molecule has 0 aliphatic carbocycles. The van der Waals surface area contributed by atoms with Crippen LogP contribution in [0.4, 0.5) is 14.5 Å². The maximum absolute atomic E-state index is 14.4. The topological polar surface area (TPSA) is 113 Å². The Labute approximate surface area is 266 Å². The molecule has 1 aliphatic rings. The zero-order valence-corrected chi connectivity index (χ0v) is 26.5. The van der Waals surface area contributed by atoms with Crippen LogP contribution in [0.1, 0.15) is 36.2 Å². The van der Waals surface area contributed by atoms with Crippen LogP contribution in [0, 0.1) is 25.5 Å². The molecule has 1 saturated heterocycles. The molecule has 0 bridgehead atoms. The first-order chi connectivity index (χ1) is 22.1. The predicted octanol–water partition coefficient (Wildman–Crippen LogP) is 7.31. The quantitative estimate of drug-likeness (QED) is 0.162. The van der Waals surface area contributed by atoms with Gasteiger partial charge in [0.25, 0.3) is 0 Å². The van der Waals surface area contributed by atoms with Crippen molar-refractivity contribution in [3.63, 3.8) is 0 Å². The van der Waals surface area contributed by atoms with E-state index in [0.29, 0.717) is 46.6 Å². The van der Waals surface area contributed by atoms with Crippen molar-refractivity contribution in [3.05, 3.63) is 95.0 Å². The Morgan fingerprint density at radius 1 is 0.978 bits per heavy atom. The second-order valence-electron chi connectivity index (χ2n) is 11.0. The number of hydrogen-bond acceptors (Lipinski definition) is 10. The molecule has 14 heteroatoms. The zero-order chi connectivity index (χ0) is 32.2. The van der Waals surface area contributed by atoms with Crippen LogP contribution in [0.2, 0.25) is 0 Å². The number of hydroxylamine groups is 1. The second-order valence-corrected chi connectivity index (χ2v) is 13.4. The van der Waals surface area contributed by atoms with E-state index < -0.39 is 27.8 Å². The van der Waals surface area contributed by atoms with Gasteiger partial charge in [-0.05, 0) is 80.8 Å². The predicted molar refractivity (Wildman–Crippen MR) is 169 cm³/mol. The first-order valence-corrected chi connectivity index (χ1v) is 17.0. The molecular weight excluding hydrogens is 637 g/mol. The van der Waals surface area contributed by atoms with Crippen LogP contribution in [0.5, 0.6) is 5.75 Å². The Morgan fingerprint density at radius 3 is 2.48 bits per heavy atom. The Bertz CT molecular complexity index is 2170. The molecule has 1 aliphatic heterocycles. The van der Waals surface area contributed by atoms with Crippen molar-refractivity contribution in [2.75, 3.05) is 17.9 Å². The molecule has 3 aromatic heterocycles. The van der Waals surface area contributed by atoms with Gasteiger partial charge in [0.2, 0.25) is 0 Å². The third kappa shape index (κ3) is 5.63. The molecule has 0 radical (unpaired) electrons. The lowest BCUT2D eigenvalue weighted by Crippen LogP contribution is -2.35. The van der Waals surface area contributed by atoms with Gasteiger partial charge in [0.15, 0.2) is 16.8 Å². The number of fused-ring (bicyclic) bond motifs is 1. The standard InChI is InChI=1S/C32H27F2N5O5S2/c1-18-30(19(2)43-37-18)21-8-13-28-26(15-21)35-31(29-5-4-14-42-39(29)22-9-12-24(33)25(34)16-22)38(28)32-36-27(17-45-32)20-6-10-23(11-7-20)44-46(3,40)41/h6-13,15-17,29H,4-5,14H2,1-3H3. The number of hydrogen-bond donors (Lipinski definition) is 0. The number of imidazole rings is 1. The minimum Gasteiger partial charge on any atom is -0.383 e. The van der Waals surface area contributed by atoms with Gasteiger partial charge in [0, 0.05) is 22.6 Å². The molecule has 1 atom stereocenters. The molecule has 0 spiro atoms. The number of benzene rings is 3. The van der Waals surface area contributed by atoms with Gasteiger partial charge in [-0.2, -0.15) is 8.42 Å². The summed E-state index contributed by atoms with van der Waals surface area (Å²) in [6.45, 7) is 4.15. The molecule has 7 rings (SSSR count). The van der Waals surface area contributed by atoms with Crippen LogP contribution in [-0.4, -0.2) is 41.0 Å². The lowest BCUT2D eigenvalue weighted by atomic mass is 10.0. The molecule has 0 N–H and O–H groups in total. The fourth-order valence-electron chi connectivity index (χ4n) is 5.69. The van der Waals surface area contributed by atoms with Crippen molar-refractivity contribution < 1.29 is 30.7 Å². The van der Waals surface area contributed by atoms with Gasteiger partial charge < -0.3 is 8.71 Å². The zero-order valence-electron chi connectivity index (χ0n) is 24.9. The van der Waals surface area contributed by atoms with E-state index in [1.54, 1.807) is 29.3 Å². The van der Waals surface area contributed by atoms with Crippen LogP contribution in [0.3, 0.4) is 0 Å². The highest BCUT2D eigenvalue weighted by atomic mass is 32.2. The lowest BCUT2D eigenvalue weighted by Gasteiger charge is -2.35. The van der Waals surface area contributed by atoms with E-state index in [-0.39, 0.29) is 5.75 Å². The van der Waals surface area contributed by atoms with Crippen LogP contribution >= 0.6 is 11.3 Å². The van der Waals surface area contributed by atoms with Gasteiger partial charge in [-0.25, -0.2) is 23.8 Å². The van der Waals surface area contributed by atoms with Gasteiger partial charge >= 0.3 is 10.1 Å². The van der Waals surface area contributed by atoms with Crippen LogP contribution in [-0.2, 0) is 15.0 Å². The van der Waals surface area contributed by atoms with Gasteiger partial charge in [0.1, 0.15) is 23.4 Å². The van der Waals surface area contributed by atoms with E-state index in [0.717, 1.165) is 52.7 Å². The summed E-state index contributed by atoms with van der Waals surface area (Å²) in [4.78, 5) is 16.1. The van der Waals surface area contributed by atoms with E-state index >= 15 is 0 Å². The molecular formula is C32H27F2N5O5S2. The molecule has 3 aromatic carbocycles. The average Bonchev–Trinajstić information content (AvgIpc) is 3.74. The average molecular weight is 664 g/mol. The summed E-state index contributed by atoms with van der Waals surface area (Å²) in [6, 6.07) is 15.8. The lowest BCUT2D eigenvalue weighted by molar-refractivity contribution is 0.0454. The number of rotatable bonds is 7. The van der Waals surface area contributed by atoms with Gasteiger partial charge in [0.05, 0.1) is 41.0 Å². The first-order valence-electron chi connectivity index (χ1n) is 14.3. The number of nitrogens with zero attached hydrogens (tertiary/aromatic N) is 5. The van der Waals surface area contributed by atoms with Crippen molar-refractivity contribution >= 4 is 38.2 Å². The van der Waals surface area contributed by atoms with E-state index in [4.69, 9.17) is 23.5 Å². The maximum atomic E-state index is 14.4. The Kier molecular flexibility index (Phi) is 7.57. The normalized spacial score (nSPS) is 15.5. The summed E-state index contributed by atoms with van der Waals surface area (Å²) < 4.78 is 63.6. The van der Waals surface area contributed by atoms with Crippen molar-refractivity contribution in [1.29, 1.82) is 0 Å². The minimum atomic E-state index is -3.65. The number of aryl methyl sites for hydroxylation is 2. The van der Waals surface area contributed by atoms with Crippen LogP contribution in [0.25, 0.3) is 38.5 Å². The molecule has 0 saturated carbocycles. The smallest absolute Gasteiger partial charge is 0.306 e. The molecule has 46 heavy (non-hydrogen) atoms.